The number of aryl methyl sites for hydroxylation is 1. The number of benzene rings is 2. The summed E-state index contributed by atoms with van der Waals surface area (Å²) < 4.78 is 2.28. The quantitative estimate of drug-likeness (QED) is 0.734. The second-order valence-corrected chi connectivity index (χ2v) is 6.59. The first-order chi connectivity index (χ1) is 10.8. The van der Waals surface area contributed by atoms with Gasteiger partial charge in [-0.05, 0) is 60.6 Å². The Morgan fingerprint density at radius 2 is 1.74 bits per heavy atom. The molecule has 0 amide bonds. The molecule has 2 aliphatic rings. The summed E-state index contributed by atoms with van der Waals surface area (Å²) in [5.74, 6) is 2.42. The highest BCUT2D eigenvalue weighted by atomic mass is 35.5. The van der Waals surface area contributed by atoms with E-state index < -0.39 is 0 Å². The van der Waals surface area contributed by atoms with Gasteiger partial charge in [-0.25, -0.2) is 4.98 Å². The van der Waals surface area contributed by atoms with Gasteiger partial charge in [-0.3, -0.25) is 4.57 Å². The van der Waals surface area contributed by atoms with Crippen molar-refractivity contribution in [3.63, 3.8) is 0 Å². The van der Waals surface area contributed by atoms with Crippen molar-refractivity contribution in [1.29, 1.82) is 0 Å². The highest BCUT2D eigenvalue weighted by molar-refractivity contribution is 5.85. The van der Waals surface area contributed by atoms with Crippen LogP contribution < -0.4 is 5.32 Å². The molecule has 118 valence electrons. The number of hydrogen-bond donors (Lipinski definition) is 1. The highest BCUT2D eigenvalue weighted by Crippen LogP contribution is 2.45. The number of aromatic nitrogens is 2. The first-order valence-electron chi connectivity index (χ1n) is 8.10. The van der Waals surface area contributed by atoms with E-state index in [9.17, 15) is 0 Å². The summed E-state index contributed by atoms with van der Waals surface area (Å²) in [5.41, 5.74) is 6.64. The Bertz CT molecular complexity index is 869. The maximum Gasteiger partial charge on any atom is 0.111 e. The molecule has 1 aliphatic heterocycles. The summed E-state index contributed by atoms with van der Waals surface area (Å²) in [6, 6.07) is 15.3. The van der Waals surface area contributed by atoms with Crippen molar-refractivity contribution in [2.45, 2.75) is 25.2 Å². The van der Waals surface area contributed by atoms with Crippen LogP contribution >= 0.6 is 12.4 Å². The van der Waals surface area contributed by atoms with Gasteiger partial charge in [0.25, 0.3) is 0 Å². The smallest absolute Gasteiger partial charge is 0.111 e. The molecule has 2 heterocycles. The first kappa shape index (κ1) is 14.7. The number of para-hydroxylation sites is 1. The lowest BCUT2D eigenvalue weighted by Crippen LogP contribution is -2.28. The van der Waals surface area contributed by atoms with E-state index in [1.807, 2.05) is 0 Å². The number of hydrogen-bond acceptors (Lipinski definition) is 2. The van der Waals surface area contributed by atoms with Crippen molar-refractivity contribution in [2.75, 3.05) is 13.1 Å². The van der Waals surface area contributed by atoms with Gasteiger partial charge in [0.2, 0.25) is 0 Å². The third-order valence-electron chi connectivity index (χ3n) is 5.27. The van der Waals surface area contributed by atoms with Crippen LogP contribution in [0.25, 0.3) is 16.7 Å². The van der Waals surface area contributed by atoms with Crippen LogP contribution in [0.4, 0.5) is 0 Å². The van der Waals surface area contributed by atoms with Gasteiger partial charge in [0.15, 0.2) is 0 Å². The molecule has 2 atom stereocenters. The van der Waals surface area contributed by atoms with E-state index >= 15 is 0 Å². The molecule has 1 aliphatic carbocycles. The van der Waals surface area contributed by atoms with Crippen molar-refractivity contribution in [3.8, 4) is 5.69 Å². The largest absolute Gasteiger partial charge is 0.316 e. The Hall–Kier alpha value is -1.84. The van der Waals surface area contributed by atoms with E-state index in [-0.39, 0.29) is 12.4 Å². The molecule has 2 bridgehead atoms. The van der Waals surface area contributed by atoms with Crippen LogP contribution in [0.15, 0.2) is 42.5 Å². The fourth-order valence-corrected chi connectivity index (χ4v) is 4.30. The molecular formula is C19H20ClN3. The third kappa shape index (κ3) is 2.11. The Labute approximate surface area is 142 Å². The van der Waals surface area contributed by atoms with Gasteiger partial charge in [0.05, 0.1) is 11.0 Å². The van der Waals surface area contributed by atoms with Crippen molar-refractivity contribution >= 4 is 23.4 Å². The number of halogens is 1. The molecule has 0 radical (unpaired) electrons. The van der Waals surface area contributed by atoms with E-state index in [1.165, 1.54) is 23.2 Å². The van der Waals surface area contributed by atoms with Gasteiger partial charge in [-0.1, -0.05) is 18.2 Å². The van der Waals surface area contributed by atoms with Crippen LogP contribution in [0.5, 0.6) is 0 Å². The Morgan fingerprint density at radius 3 is 2.48 bits per heavy atom. The van der Waals surface area contributed by atoms with Crippen molar-refractivity contribution in [2.24, 2.45) is 0 Å². The molecule has 3 nitrogen and oxygen atoms in total. The number of imidazole rings is 1. The average Bonchev–Trinajstić information content (AvgIpc) is 3.00. The number of nitrogens with zero attached hydrogens (tertiary/aromatic N) is 2. The minimum Gasteiger partial charge on any atom is -0.316 e. The van der Waals surface area contributed by atoms with E-state index in [0.29, 0.717) is 11.8 Å². The molecule has 1 fully saturated rings. The molecule has 1 N–H and O–H groups in total. The van der Waals surface area contributed by atoms with E-state index in [1.54, 1.807) is 5.56 Å². The molecule has 0 spiro atoms. The zero-order valence-corrected chi connectivity index (χ0v) is 13.9. The topological polar surface area (TPSA) is 29.9 Å². The summed E-state index contributed by atoms with van der Waals surface area (Å²) in [6.07, 6.45) is 1.30. The highest BCUT2D eigenvalue weighted by Gasteiger charge is 2.34. The average molecular weight is 326 g/mol. The lowest BCUT2D eigenvalue weighted by molar-refractivity contribution is 0.454. The minimum absolute atomic E-state index is 0. The molecule has 1 saturated heterocycles. The van der Waals surface area contributed by atoms with Gasteiger partial charge in [0, 0.05) is 18.8 Å². The van der Waals surface area contributed by atoms with Gasteiger partial charge in [-0.15, -0.1) is 12.4 Å². The van der Waals surface area contributed by atoms with Crippen molar-refractivity contribution < 1.29 is 0 Å². The van der Waals surface area contributed by atoms with Crippen LogP contribution in [0.2, 0.25) is 0 Å². The number of fused-ring (bicyclic) bond motifs is 6. The lowest BCUT2D eigenvalue weighted by Gasteiger charge is -2.19. The maximum atomic E-state index is 4.82. The Balaban J connectivity index is 0.00000135. The number of rotatable bonds is 1. The van der Waals surface area contributed by atoms with Crippen LogP contribution in [-0.2, 0) is 0 Å². The van der Waals surface area contributed by atoms with Gasteiger partial charge < -0.3 is 5.32 Å². The number of nitrogens with one attached hydrogen (secondary N) is 1. The second kappa shape index (κ2) is 5.36. The van der Waals surface area contributed by atoms with Gasteiger partial charge in [-0.2, -0.15) is 0 Å². The fourth-order valence-electron chi connectivity index (χ4n) is 4.30. The summed E-state index contributed by atoms with van der Waals surface area (Å²) >= 11 is 0. The monoisotopic (exact) mass is 325 g/mol. The van der Waals surface area contributed by atoms with E-state index in [4.69, 9.17) is 4.98 Å². The molecule has 0 saturated carbocycles. The fraction of sp³-hybridized carbons (Fsp3) is 0.316. The van der Waals surface area contributed by atoms with Crippen LogP contribution in [0.1, 0.15) is 35.2 Å². The van der Waals surface area contributed by atoms with Crippen LogP contribution in [-0.4, -0.2) is 22.6 Å². The SMILES string of the molecule is Cc1nc2cc3c(cc2n1-c1ccccc1)C1CNCC3C1.Cl. The molecule has 5 rings (SSSR count). The minimum atomic E-state index is 0. The molecule has 1 aromatic heterocycles. The normalized spacial score (nSPS) is 22.0. The van der Waals surface area contributed by atoms with Crippen LogP contribution in [0.3, 0.4) is 0 Å². The summed E-state index contributed by atoms with van der Waals surface area (Å²) in [6.45, 7) is 4.33. The van der Waals surface area contributed by atoms with E-state index in [0.717, 1.165) is 24.4 Å². The zero-order valence-electron chi connectivity index (χ0n) is 13.1. The third-order valence-corrected chi connectivity index (χ3v) is 5.27. The first-order valence-corrected chi connectivity index (χ1v) is 8.10. The van der Waals surface area contributed by atoms with Gasteiger partial charge >= 0.3 is 0 Å². The zero-order chi connectivity index (χ0) is 14.7. The second-order valence-electron chi connectivity index (χ2n) is 6.59. The number of piperidine rings is 1. The summed E-state index contributed by atoms with van der Waals surface area (Å²) in [5, 5.41) is 3.57. The van der Waals surface area contributed by atoms with Gasteiger partial charge in [0.1, 0.15) is 5.82 Å². The Kier molecular flexibility index (Phi) is 3.43. The molecular weight excluding hydrogens is 306 g/mol. The van der Waals surface area contributed by atoms with Crippen molar-refractivity contribution in [1.82, 2.24) is 14.9 Å². The summed E-state index contributed by atoms with van der Waals surface area (Å²) in [4.78, 5) is 4.82. The molecule has 2 unspecified atom stereocenters. The standard InChI is InChI=1S/C19H19N3.ClH/c1-12-21-18-8-16-13-7-14(11-20-10-13)17(16)9-19(18)22(12)15-5-3-2-4-6-15;/h2-6,8-9,13-14,20H,7,10-11H2,1H3;1H. The molecule has 3 aromatic rings. The Morgan fingerprint density at radius 1 is 1.04 bits per heavy atom. The molecule has 2 aromatic carbocycles. The van der Waals surface area contributed by atoms with Crippen LogP contribution in [0, 0.1) is 6.92 Å². The molecule has 23 heavy (non-hydrogen) atoms. The van der Waals surface area contributed by atoms with E-state index in [2.05, 4.69) is 59.3 Å². The molecule has 4 heteroatoms. The van der Waals surface area contributed by atoms with Crippen molar-refractivity contribution in [3.05, 3.63) is 59.4 Å². The maximum absolute atomic E-state index is 4.82. The lowest BCUT2D eigenvalue weighted by atomic mass is 9.98. The predicted octanol–water partition coefficient (Wildman–Crippen LogP) is 3.93. The summed E-state index contributed by atoms with van der Waals surface area (Å²) in [7, 11) is 0. The predicted molar refractivity (Wildman–Crippen MR) is 96.0 cm³/mol.